The summed E-state index contributed by atoms with van der Waals surface area (Å²) in [6, 6.07) is 0.0261. The SMILES string of the molecule is CC(N)Cc1nc(N2CCC3(CC2)OCCO3)no1. The van der Waals surface area contributed by atoms with Gasteiger partial charge in [0.05, 0.1) is 13.2 Å². The van der Waals surface area contributed by atoms with Gasteiger partial charge in [-0.3, -0.25) is 0 Å². The summed E-state index contributed by atoms with van der Waals surface area (Å²) in [5.74, 6) is 0.872. The van der Waals surface area contributed by atoms with E-state index >= 15 is 0 Å². The first-order chi connectivity index (χ1) is 9.17. The third-order valence-electron chi connectivity index (χ3n) is 3.58. The van der Waals surface area contributed by atoms with Gasteiger partial charge in [0.1, 0.15) is 0 Å². The number of nitrogens with zero attached hydrogens (tertiary/aromatic N) is 3. The molecule has 2 aliphatic heterocycles. The van der Waals surface area contributed by atoms with Crippen LogP contribution in [0.15, 0.2) is 4.52 Å². The van der Waals surface area contributed by atoms with E-state index in [2.05, 4.69) is 15.0 Å². The summed E-state index contributed by atoms with van der Waals surface area (Å²) in [5, 5.41) is 4.01. The second kappa shape index (κ2) is 5.07. The van der Waals surface area contributed by atoms with Crippen LogP contribution in [0.4, 0.5) is 5.95 Å². The lowest BCUT2D eigenvalue weighted by atomic mass is 10.0. The van der Waals surface area contributed by atoms with Crippen LogP contribution >= 0.6 is 0 Å². The highest BCUT2D eigenvalue weighted by Gasteiger charge is 2.40. The molecule has 0 bridgehead atoms. The van der Waals surface area contributed by atoms with E-state index in [9.17, 15) is 0 Å². The lowest BCUT2D eigenvalue weighted by molar-refractivity contribution is -0.169. The summed E-state index contributed by atoms with van der Waals surface area (Å²) in [5.41, 5.74) is 5.72. The molecular formula is C12H20N4O3. The molecule has 1 atom stereocenters. The van der Waals surface area contributed by atoms with Crippen LogP contribution in [0.5, 0.6) is 0 Å². The van der Waals surface area contributed by atoms with Crippen molar-refractivity contribution in [3.8, 4) is 0 Å². The lowest BCUT2D eigenvalue weighted by Crippen LogP contribution is -2.45. The average molecular weight is 268 g/mol. The zero-order valence-corrected chi connectivity index (χ0v) is 11.2. The van der Waals surface area contributed by atoms with E-state index in [1.54, 1.807) is 0 Å². The van der Waals surface area contributed by atoms with E-state index in [0.717, 1.165) is 25.9 Å². The minimum atomic E-state index is -0.366. The van der Waals surface area contributed by atoms with Crippen molar-refractivity contribution in [1.29, 1.82) is 0 Å². The minimum Gasteiger partial charge on any atom is -0.347 e. The molecule has 7 heteroatoms. The molecular weight excluding hydrogens is 248 g/mol. The fraction of sp³-hybridized carbons (Fsp3) is 0.833. The van der Waals surface area contributed by atoms with Crippen molar-refractivity contribution in [3.05, 3.63) is 5.89 Å². The third-order valence-corrected chi connectivity index (χ3v) is 3.58. The minimum absolute atomic E-state index is 0.0261. The van der Waals surface area contributed by atoms with Crippen LogP contribution in [0.2, 0.25) is 0 Å². The maximum absolute atomic E-state index is 5.72. The highest BCUT2D eigenvalue weighted by molar-refractivity contribution is 5.29. The predicted octanol–water partition coefficient (Wildman–Crippen LogP) is 0.303. The van der Waals surface area contributed by atoms with Crippen LogP contribution in [0.1, 0.15) is 25.7 Å². The molecule has 0 saturated carbocycles. The smallest absolute Gasteiger partial charge is 0.266 e. The van der Waals surface area contributed by atoms with Crippen molar-refractivity contribution in [1.82, 2.24) is 10.1 Å². The van der Waals surface area contributed by atoms with Gasteiger partial charge in [-0.15, -0.1) is 0 Å². The zero-order valence-electron chi connectivity index (χ0n) is 11.2. The van der Waals surface area contributed by atoms with Crippen LogP contribution in [0.25, 0.3) is 0 Å². The summed E-state index contributed by atoms with van der Waals surface area (Å²) in [4.78, 5) is 6.48. The third kappa shape index (κ3) is 2.72. The Morgan fingerprint density at radius 2 is 2.00 bits per heavy atom. The number of hydrogen-bond acceptors (Lipinski definition) is 7. The first-order valence-electron chi connectivity index (χ1n) is 6.78. The second-order valence-corrected chi connectivity index (χ2v) is 5.26. The number of rotatable bonds is 3. The molecule has 106 valence electrons. The molecule has 19 heavy (non-hydrogen) atoms. The van der Waals surface area contributed by atoms with Gasteiger partial charge < -0.3 is 24.6 Å². The lowest BCUT2D eigenvalue weighted by Gasteiger charge is -2.36. The molecule has 1 aromatic rings. The largest absolute Gasteiger partial charge is 0.347 e. The molecule has 0 aliphatic carbocycles. The number of nitrogens with two attached hydrogens (primary N) is 1. The number of aromatic nitrogens is 2. The Morgan fingerprint density at radius 1 is 1.32 bits per heavy atom. The van der Waals surface area contributed by atoms with Gasteiger partial charge in [-0.25, -0.2) is 0 Å². The molecule has 2 N–H and O–H groups in total. The topological polar surface area (TPSA) is 86.6 Å². The first-order valence-corrected chi connectivity index (χ1v) is 6.78. The van der Waals surface area contributed by atoms with Crippen molar-refractivity contribution in [2.45, 2.75) is 38.0 Å². The van der Waals surface area contributed by atoms with Crippen molar-refractivity contribution in [2.24, 2.45) is 5.73 Å². The number of piperidine rings is 1. The fourth-order valence-corrected chi connectivity index (χ4v) is 2.57. The second-order valence-electron chi connectivity index (χ2n) is 5.26. The first kappa shape index (κ1) is 12.8. The van der Waals surface area contributed by atoms with E-state index in [1.807, 2.05) is 6.92 Å². The number of anilines is 1. The molecule has 1 spiro atoms. The molecule has 0 aromatic carbocycles. The molecule has 2 aliphatic rings. The number of ether oxygens (including phenoxy) is 2. The maximum Gasteiger partial charge on any atom is 0.266 e. The van der Waals surface area contributed by atoms with Gasteiger partial charge in [0.2, 0.25) is 5.89 Å². The van der Waals surface area contributed by atoms with E-state index < -0.39 is 0 Å². The molecule has 2 saturated heterocycles. The van der Waals surface area contributed by atoms with Crippen molar-refractivity contribution in [2.75, 3.05) is 31.2 Å². The van der Waals surface area contributed by atoms with Crippen molar-refractivity contribution >= 4 is 5.95 Å². The van der Waals surface area contributed by atoms with E-state index in [4.69, 9.17) is 19.7 Å². The van der Waals surface area contributed by atoms with Crippen LogP contribution in [0, 0.1) is 0 Å². The molecule has 0 amide bonds. The Balaban J connectivity index is 1.60. The van der Waals surface area contributed by atoms with E-state index in [1.165, 1.54) is 0 Å². The fourth-order valence-electron chi connectivity index (χ4n) is 2.57. The normalized spacial score (nSPS) is 24.0. The molecule has 3 heterocycles. The van der Waals surface area contributed by atoms with E-state index in [0.29, 0.717) is 31.5 Å². The molecule has 2 fully saturated rings. The Hall–Kier alpha value is -1.18. The summed E-state index contributed by atoms with van der Waals surface area (Å²) in [7, 11) is 0. The van der Waals surface area contributed by atoms with Gasteiger partial charge in [-0.2, -0.15) is 4.98 Å². The molecule has 7 nitrogen and oxygen atoms in total. The van der Waals surface area contributed by atoms with Crippen LogP contribution in [-0.2, 0) is 15.9 Å². The van der Waals surface area contributed by atoms with Gasteiger partial charge in [0.25, 0.3) is 5.95 Å². The highest BCUT2D eigenvalue weighted by atomic mass is 16.7. The summed E-state index contributed by atoms with van der Waals surface area (Å²) >= 11 is 0. The summed E-state index contributed by atoms with van der Waals surface area (Å²) in [6.45, 7) is 4.94. The van der Waals surface area contributed by atoms with Gasteiger partial charge in [0.15, 0.2) is 5.79 Å². The summed E-state index contributed by atoms with van der Waals surface area (Å²) in [6.07, 6.45) is 2.28. The van der Waals surface area contributed by atoms with Crippen LogP contribution in [-0.4, -0.2) is 48.3 Å². The monoisotopic (exact) mass is 268 g/mol. The quantitative estimate of drug-likeness (QED) is 0.843. The Labute approximate surface area is 112 Å². The van der Waals surface area contributed by atoms with Crippen molar-refractivity contribution < 1.29 is 14.0 Å². The van der Waals surface area contributed by atoms with Gasteiger partial charge in [0, 0.05) is 38.4 Å². The van der Waals surface area contributed by atoms with Crippen LogP contribution < -0.4 is 10.6 Å². The van der Waals surface area contributed by atoms with E-state index in [-0.39, 0.29) is 11.8 Å². The molecule has 0 radical (unpaired) electrons. The Morgan fingerprint density at radius 3 is 2.63 bits per heavy atom. The van der Waals surface area contributed by atoms with Gasteiger partial charge >= 0.3 is 0 Å². The Kier molecular flexibility index (Phi) is 3.42. The molecule has 1 aromatic heterocycles. The summed E-state index contributed by atoms with van der Waals surface area (Å²) < 4.78 is 16.6. The standard InChI is InChI=1S/C12H20N4O3/c1-9(13)8-10-14-11(15-19-10)16-4-2-12(3-5-16)17-6-7-18-12/h9H,2-8,13H2,1H3. The van der Waals surface area contributed by atoms with Gasteiger partial charge in [-0.1, -0.05) is 0 Å². The zero-order chi connectivity index (χ0) is 13.3. The van der Waals surface area contributed by atoms with Gasteiger partial charge in [-0.05, 0) is 12.1 Å². The average Bonchev–Trinajstić information content (AvgIpc) is 3.00. The Bertz CT molecular complexity index is 418. The number of hydrogen-bond donors (Lipinski definition) is 1. The maximum atomic E-state index is 5.72. The highest BCUT2D eigenvalue weighted by Crippen LogP contribution is 2.32. The molecule has 3 rings (SSSR count). The predicted molar refractivity (Wildman–Crippen MR) is 67.7 cm³/mol. The van der Waals surface area contributed by atoms with Crippen molar-refractivity contribution in [3.63, 3.8) is 0 Å². The molecule has 1 unspecified atom stereocenters. The van der Waals surface area contributed by atoms with Crippen LogP contribution in [0.3, 0.4) is 0 Å².